The number of nitrogens with one attached hydrogen (secondary N) is 1. The van der Waals surface area contributed by atoms with Crippen molar-refractivity contribution in [2.45, 2.75) is 52.2 Å². The van der Waals surface area contributed by atoms with Gasteiger partial charge < -0.3 is 10.2 Å². The molecule has 0 aromatic heterocycles. The lowest BCUT2D eigenvalue weighted by molar-refractivity contribution is -0.153. The molecule has 2 amide bonds. The lowest BCUT2D eigenvalue weighted by Gasteiger charge is -2.41. The molecule has 4 nitrogen and oxygen atoms in total. The fourth-order valence-electron chi connectivity index (χ4n) is 2.59. The van der Waals surface area contributed by atoms with Crippen molar-refractivity contribution in [2.24, 2.45) is 0 Å². The summed E-state index contributed by atoms with van der Waals surface area (Å²) in [5.74, 6) is -0.126. The first-order valence-electron chi connectivity index (χ1n) is 7.06. The maximum atomic E-state index is 12.5. The molecule has 1 aromatic rings. The topological polar surface area (TPSA) is 49.4 Å². The molecule has 1 aliphatic rings. The minimum absolute atomic E-state index is 0.0319. The standard InChI is InChI=1S/C16H22N2O2/c1-5-12-8-6-7-9-13(12)10-18-11(2)14(19)17-16(3,4)15(18)20/h6-9,11H,5,10H2,1-4H3,(H,17,19). The van der Waals surface area contributed by atoms with Gasteiger partial charge in [-0.1, -0.05) is 31.2 Å². The summed E-state index contributed by atoms with van der Waals surface area (Å²) in [6.07, 6.45) is 0.919. The largest absolute Gasteiger partial charge is 0.340 e. The number of hydrogen-bond donors (Lipinski definition) is 1. The Morgan fingerprint density at radius 3 is 2.40 bits per heavy atom. The van der Waals surface area contributed by atoms with Crippen LogP contribution in [0.15, 0.2) is 24.3 Å². The van der Waals surface area contributed by atoms with Crippen molar-refractivity contribution in [3.8, 4) is 0 Å². The fourth-order valence-corrected chi connectivity index (χ4v) is 2.59. The number of hydrogen-bond acceptors (Lipinski definition) is 2. The molecule has 0 spiro atoms. The number of carbonyl (C=O) groups is 2. The molecule has 1 saturated heterocycles. The van der Waals surface area contributed by atoms with Crippen LogP contribution in [0.4, 0.5) is 0 Å². The zero-order chi connectivity index (χ0) is 14.9. The highest BCUT2D eigenvalue weighted by atomic mass is 16.2. The molecule has 1 unspecified atom stereocenters. The minimum Gasteiger partial charge on any atom is -0.340 e. The zero-order valence-electron chi connectivity index (χ0n) is 12.6. The fraction of sp³-hybridized carbons (Fsp3) is 0.500. The van der Waals surface area contributed by atoms with Gasteiger partial charge in [-0.3, -0.25) is 9.59 Å². The molecule has 20 heavy (non-hydrogen) atoms. The van der Waals surface area contributed by atoms with E-state index in [0.717, 1.165) is 12.0 Å². The van der Waals surface area contributed by atoms with Gasteiger partial charge in [0.25, 0.3) is 0 Å². The lowest BCUT2D eigenvalue weighted by atomic mass is 9.96. The molecule has 4 heteroatoms. The van der Waals surface area contributed by atoms with Crippen LogP contribution in [0.1, 0.15) is 38.8 Å². The van der Waals surface area contributed by atoms with E-state index in [1.54, 1.807) is 25.7 Å². The van der Waals surface area contributed by atoms with Crippen LogP contribution < -0.4 is 5.32 Å². The lowest BCUT2D eigenvalue weighted by Crippen LogP contribution is -2.67. The summed E-state index contributed by atoms with van der Waals surface area (Å²) in [6, 6.07) is 7.64. The third kappa shape index (κ3) is 2.55. The Kier molecular flexibility index (Phi) is 3.84. The van der Waals surface area contributed by atoms with Crippen LogP contribution in [0.25, 0.3) is 0 Å². The Labute approximate surface area is 120 Å². The first kappa shape index (κ1) is 14.6. The van der Waals surface area contributed by atoms with Gasteiger partial charge in [0, 0.05) is 6.54 Å². The second kappa shape index (κ2) is 5.27. The van der Waals surface area contributed by atoms with Gasteiger partial charge in [0.05, 0.1) is 0 Å². The van der Waals surface area contributed by atoms with E-state index < -0.39 is 11.6 Å². The molecule has 0 aliphatic carbocycles. The molecule has 1 atom stereocenters. The Balaban J connectivity index is 2.30. The van der Waals surface area contributed by atoms with Gasteiger partial charge in [0.1, 0.15) is 11.6 Å². The maximum absolute atomic E-state index is 12.5. The van der Waals surface area contributed by atoms with Crippen molar-refractivity contribution in [2.75, 3.05) is 0 Å². The Bertz CT molecular complexity index is 537. The number of benzene rings is 1. The minimum atomic E-state index is -0.829. The van der Waals surface area contributed by atoms with Gasteiger partial charge in [-0.15, -0.1) is 0 Å². The average Bonchev–Trinajstić information content (AvgIpc) is 2.41. The van der Waals surface area contributed by atoms with Crippen molar-refractivity contribution in [3.63, 3.8) is 0 Å². The van der Waals surface area contributed by atoms with E-state index in [0.29, 0.717) is 6.54 Å². The van der Waals surface area contributed by atoms with Crippen LogP contribution in [-0.2, 0) is 22.6 Å². The molecule has 1 fully saturated rings. The third-order valence-corrected chi connectivity index (χ3v) is 3.92. The number of rotatable bonds is 3. The summed E-state index contributed by atoms with van der Waals surface area (Å²) < 4.78 is 0. The van der Waals surface area contributed by atoms with E-state index in [2.05, 4.69) is 18.3 Å². The van der Waals surface area contributed by atoms with Gasteiger partial charge >= 0.3 is 0 Å². The molecule has 0 saturated carbocycles. The number of piperazine rings is 1. The van der Waals surface area contributed by atoms with Crippen LogP contribution in [-0.4, -0.2) is 28.3 Å². The smallest absolute Gasteiger partial charge is 0.248 e. The van der Waals surface area contributed by atoms with E-state index in [1.165, 1.54) is 5.56 Å². The zero-order valence-corrected chi connectivity index (χ0v) is 12.6. The predicted molar refractivity (Wildman–Crippen MR) is 78.1 cm³/mol. The van der Waals surface area contributed by atoms with E-state index in [4.69, 9.17) is 0 Å². The average molecular weight is 274 g/mol. The highest BCUT2D eigenvalue weighted by Gasteiger charge is 2.43. The normalized spacial score (nSPS) is 21.8. The van der Waals surface area contributed by atoms with Gasteiger partial charge in [-0.25, -0.2) is 0 Å². The first-order chi connectivity index (χ1) is 9.36. The molecule has 0 radical (unpaired) electrons. The predicted octanol–water partition coefficient (Wildman–Crippen LogP) is 1.87. The highest BCUT2D eigenvalue weighted by molar-refractivity contribution is 5.99. The van der Waals surface area contributed by atoms with Crippen LogP contribution >= 0.6 is 0 Å². The quantitative estimate of drug-likeness (QED) is 0.915. The monoisotopic (exact) mass is 274 g/mol. The second-order valence-corrected chi connectivity index (χ2v) is 5.85. The summed E-state index contributed by atoms with van der Waals surface area (Å²) in [7, 11) is 0. The Hall–Kier alpha value is -1.84. The first-order valence-corrected chi connectivity index (χ1v) is 7.06. The number of amides is 2. The van der Waals surface area contributed by atoms with Crippen molar-refractivity contribution in [3.05, 3.63) is 35.4 Å². The van der Waals surface area contributed by atoms with E-state index >= 15 is 0 Å². The van der Waals surface area contributed by atoms with Crippen LogP contribution in [0.2, 0.25) is 0 Å². The van der Waals surface area contributed by atoms with Crippen LogP contribution in [0.3, 0.4) is 0 Å². The highest BCUT2D eigenvalue weighted by Crippen LogP contribution is 2.22. The molecule has 1 heterocycles. The molecule has 1 aromatic carbocycles. The van der Waals surface area contributed by atoms with Crippen LogP contribution in [0, 0.1) is 0 Å². The number of nitrogens with zero attached hydrogens (tertiary/aromatic N) is 1. The summed E-state index contributed by atoms with van der Waals surface area (Å²) in [5.41, 5.74) is 1.50. The summed E-state index contributed by atoms with van der Waals surface area (Å²) in [5, 5.41) is 2.77. The van der Waals surface area contributed by atoms with Gasteiger partial charge in [-0.05, 0) is 38.3 Å². The SMILES string of the molecule is CCc1ccccc1CN1C(=O)C(C)(C)NC(=O)C1C. The second-order valence-electron chi connectivity index (χ2n) is 5.85. The summed E-state index contributed by atoms with van der Waals surface area (Å²) in [6.45, 7) is 7.85. The van der Waals surface area contributed by atoms with E-state index in [-0.39, 0.29) is 11.8 Å². The molecular weight excluding hydrogens is 252 g/mol. The van der Waals surface area contributed by atoms with E-state index in [1.807, 2.05) is 18.2 Å². The molecule has 2 rings (SSSR count). The van der Waals surface area contributed by atoms with Gasteiger partial charge in [0.15, 0.2) is 0 Å². The number of carbonyl (C=O) groups excluding carboxylic acids is 2. The van der Waals surface area contributed by atoms with Crippen LogP contribution in [0.5, 0.6) is 0 Å². The van der Waals surface area contributed by atoms with Crippen molar-refractivity contribution in [1.29, 1.82) is 0 Å². The summed E-state index contributed by atoms with van der Waals surface area (Å²) >= 11 is 0. The van der Waals surface area contributed by atoms with Crippen molar-refractivity contribution < 1.29 is 9.59 Å². The third-order valence-electron chi connectivity index (χ3n) is 3.92. The molecule has 1 aliphatic heterocycles. The molecular formula is C16H22N2O2. The van der Waals surface area contributed by atoms with Crippen molar-refractivity contribution in [1.82, 2.24) is 10.2 Å². The van der Waals surface area contributed by atoms with Gasteiger partial charge in [0.2, 0.25) is 11.8 Å². The number of aryl methyl sites for hydroxylation is 1. The molecule has 108 valence electrons. The molecule has 1 N–H and O–H groups in total. The van der Waals surface area contributed by atoms with Crippen molar-refractivity contribution >= 4 is 11.8 Å². The summed E-state index contributed by atoms with van der Waals surface area (Å²) in [4.78, 5) is 26.2. The Morgan fingerprint density at radius 1 is 1.20 bits per heavy atom. The maximum Gasteiger partial charge on any atom is 0.248 e. The van der Waals surface area contributed by atoms with E-state index in [9.17, 15) is 9.59 Å². The van der Waals surface area contributed by atoms with Gasteiger partial charge in [-0.2, -0.15) is 0 Å². The molecule has 0 bridgehead atoms. The Morgan fingerprint density at radius 2 is 1.80 bits per heavy atom.